The lowest BCUT2D eigenvalue weighted by atomic mass is 10.3. The molecule has 2 rings (SSSR count). The quantitative estimate of drug-likeness (QED) is 0.942. The Morgan fingerprint density at radius 3 is 2.74 bits per heavy atom. The van der Waals surface area contributed by atoms with Gasteiger partial charge in [-0.25, -0.2) is 8.42 Å². The zero-order chi connectivity index (χ0) is 14.0. The van der Waals surface area contributed by atoms with Crippen LogP contribution in [-0.4, -0.2) is 18.2 Å². The molecule has 19 heavy (non-hydrogen) atoms. The molecular weight excluding hydrogens is 309 g/mol. The molecule has 0 aliphatic rings. The lowest BCUT2D eigenvalue weighted by Crippen LogP contribution is -2.12. The summed E-state index contributed by atoms with van der Waals surface area (Å²) in [4.78, 5) is 0.0744. The molecule has 1 heterocycles. The van der Waals surface area contributed by atoms with Crippen LogP contribution in [0.2, 0.25) is 10.0 Å². The molecule has 102 valence electrons. The van der Waals surface area contributed by atoms with Gasteiger partial charge >= 0.3 is 0 Å². The van der Waals surface area contributed by atoms with Crippen LogP contribution in [0.5, 0.6) is 0 Å². The van der Waals surface area contributed by atoms with Gasteiger partial charge in [-0.2, -0.15) is 5.10 Å². The molecule has 1 aromatic carbocycles. The van der Waals surface area contributed by atoms with Crippen molar-refractivity contribution in [2.75, 3.05) is 4.72 Å². The molecule has 0 fully saturated rings. The number of hydrogen-bond donors (Lipinski definition) is 1. The van der Waals surface area contributed by atoms with E-state index in [2.05, 4.69) is 9.82 Å². The van der Waals surface area contributed by atoms with Crippen LogP contribution >= 0.6 is 23.2 Å². The highest BCUT2D eigenvalue weighted by Gasteiger charge is 2.18. The van der Waals surface area contributed by atoms with Gasteiger partial charge in [0.15, 0.2) is 0 Å². The van der Waals surface area contributed by atoms with Crippen LogP contribution in [0, 0.1) is 0 Å². The van der Waals surface area contributed by atoms with E-state index in [9.17, 15) is 8.42 Å². The molecule has 0 bridgehead atoms. The van der Waals surface area contributed by atoms with Gasteiger partial charge in [-0.05, 0) is 25.1 Å². The van der Waals surface area contributed by atoms with Crippen molar-refractivity contribution in [2.24, 2.45) is 0 Å². The largest absolute Gasteiger partial charge is 0.278 e. The minimum absolute atomic E-state index is 0.0744. The molecule has 0 aliphatic heterocycles. The second-order valence-electron chi connectivity index (χ2n) is 3.76. The summed E-state index contributed by atoms with van der Waals surface area (Å²) in [5.74, 6) is 0. The Morgan fingerprint density at radius 1 is 1.37 bits per heavy atom. The van der Waals surface area contributed by atoms with Gasteiger partial charge in [-0.15, -0.1) is 0 Å². The molecule has 1 N–H and O–H groups in total. The summed E-state index contributed by atoms with van der Waals surface area (Å²) < 4.78 is 28.2. The number of hydrogen-bond acceptors (Lipinski definition) is 3. The third-order valence-electron chi connectivity index (χ3n) is 2.42. The highest BCUT2D eigenvalue weighted by molar-refractivity contribution is 7.92. The predicted octanol–water partition coefficient (Wildman–Crippen LogP) is 3.01. The summed E-state index contributed by atoms with van der Waals surface area (Å²) in [7, 11) is -3.72. The Balaban J connectivity index is 2.33. The molecule has 0 amide bonds. The average molecular weight is 320 g/mol. The number of halogens is 2. The van der Waals surface area contributed by atoms with Crippen molar-refractivity contribution in [3.05, 3.63) is 40.6 Å². The second kappa shape index (κ2) is 5.40. The second-order valence-corrected chi connectivity index (χ2v) is 6.29. The van der Waals surface area contributed by atoms with Crippen LogP contribution in [0.25, 0.3) is 0 Å². The maximum Gasteiger partial charge on any atom is 0.265 e. The Labute approximate surface area is 121 Å². The van der Waals surface area contributed by atoms with Gasteiger partial charge in [0.2, 0.25) is 0 Å². The van der Waals surface area contributed by atoms with E-state index >= 15 is 0 Å². The maximum absolute atomic E-state index is 12.1. The molecule has 0 aliphatic carbocycles. The summed E-state index contributed by atoms with van der Waals surface area (Å²) in [6, 6.07) is 4.56. The number of aryl methyl sites for hydroxylation is 1. The zero-order valence-electron chi connectivity index (χ0n) is 9.97. The molecule has 0 unspecified atom stereocenters. The summed E-state index contributed by atoms with van der Waals surface area (Å²) in [6.07, 6.45) is 2.73. The highest BCUT2D eigenvalue weighted by atomic mass is 35.5. The first-order valence-electron chi connectivity index (χ1n) is 5.42. The molecule has 0 saturated carbocycles. The molecule has 0 saturated heterocycles. The number of anilines is 1. The normalized spacial score (nSPS) is 11.5. The van der Waals surface area contributed by atoms with Crippen LogP contribution in [0.4, 0.5) is 5.69 Å². The van der Waals surface area contributed by atoms with Gasteiger partial charge < -0.3 is 0 Å². The van der Waals surface area contributed by atoms with Gasteiger partial charge in [-0.3, -0.25) is 9.40 Å². The Morgan fingerprint density at radius 2 is 2.11 bits per heavy atom. The number of aromatic nitrogens is 2. The van der Waals surface area contributed by atoms with Gasteiger partial charge in [0.25, 0.3) is 10.0 Å². The number of sulfonamides is 1. The van der Waals surface area contributed by atoms with E-state index < -0.39 is 10.0 Å². The molecule has 0 atom stereocenters. The van der Waals surface area contributed by atoms with Crippen LogP contribution in [0.1, 0.15) is 6.92 Å². The van der Waals surface area contributed by atoms with E-state index in [1.807, 2.05) is 6.92 Å². The molecule has 2 aromatic rings. The van der Waals surface area contributed by atoms with E-state index in [-0.39, 0.29) is 15.6 Å². The van der Waals surface area contributed by atoms with Crippen molar-refractivity contribution >= 4 is 38.9 Å². The van der Waals surface area contributed by atoms with E-state index in [0.717, 1.165) is 0 Å². The fraction of sp³-hybridized carbons (Fsp3) is 0.182. The fourth-order valence-corrected chi connectivity index (χ4v) is 2.85. The van der Waals surface area contributed by atoms with Crippen molar-refractivity contribution in [1.29, 1.82) is 0 Å². The minimum Gasteiger partial charge on any atom is -0.278 e. The highest BCUT2D eigenvalue weighted by Crippen LogP contribution is 2.27. The van der Waals surface area contributed by atoms with Gasteiger partial charge in [0.05, 0.1) is 16.9 Å². The molecule has 5 nitrogen and oxygen atoms in total. The lowest BCUT2D eigenvalue weighted by molar-refractivity contribution is 0.600. The van der Waals surface area contributed by atoms with E-state index in [1.54, 1.807) is 6.07 Å². The van der Waals surface area contributed by atoms with Crippen LogP contribution < -0.4 is 4.72 Å². The topological polar surface area (TPSA) is 64.0 Å². The van der Waals surface area contributed by atoms with Gasteiger partial charge in [0.1, 0.15) is 4.90 Å². The molecule has 0 radical (unpaired) electrons. The van der Waals surface area contributed by atoms with Crippen LogP contribution in [-0.2, 0) is 16.6 Å². The first-order valence-corrected chi connectivity index (χ1v) is 7.66. The van der Waals surface area contributed by atoms with E-state index in [1.165, 1.54) is 29.2 Å². The lowest BCUT2D eigenvalue weighted by Gasteiger charge is -2.08. The number of rotatable bonds is 4. The maximum atomic E-state index is 12.1. The Bertz CT molecular complexity index is 698. The zero-order valence-corrected chi connectivity index (χ0v) is 12.3. The van der Waals surface area contributed by atoms with E-state index in [0.29, 0.717) is 11.6 Å². The van der Waals surface area contributed by atoms with Gasteiger partial charge in [0, 0.05) is 17.8 Å². The first kappa shape index (κ1) is 14.2. The molecule has 0 spiro atoms. The Kier molecular flexibility index (Phi) is 4.03. The number of benzene rings is 1. The molecular formula is C11H11Cl2N3O2S. The predicted molar refractivity (Wildman–Crippen MR) is 75.2 cm³/mol. The Hall–Kier alpha value is -1.24. The third-order valence-corrected chi connectivity index (χ3v) is 4.30. The average Bonchev–Trinajstić information content (AvgIpc) is 2.83. The van der Waals surface area contributed by atoms with Crippen molar-refractivity contribution in [1.82, 2.24) is 9.78 Å². The van der Waals surface area contributed by atoms with Crippen molar-refractivity contribution in [2.45, 2.75) is 18.4 Å². The summed E-state index contributed by atoms with van der Waals surface area (Å²) in [6.45, 7) is 2.46. The first-order chi connectivity index (χ1) is 8.92. The van der Waals surface area contributed by atoms with Crippen LogP contribution in [0.15, 0.2) is 35.5 Å². The minimum atomic E-state index is -3.72. The number of nitrogens with one attached hydrogen (secondary N) is 1. The number of nitrogens with zero attached hydrogens (tertiary/aromatic N) is 2. The monoisotopic (exact) mass is 319 g/mol. The SMILES string of the molecule is CCn1cc(S(=O)(=O)Nc2cc(Cl)ccc2Cl)cn1. The fourth-order valence-electron chi connectivity index (χ4n) is 1.44. The summed E-state index contributed by atoms with van der Waals surface area (Å²) in [5.41, 5.74) is 0.235. The standard InChI is InChI=1S/C11H11Cl2N3O2S/c1-2-16-7-9(6-14-16)19(17,18)15-11-5-8(12)3-4-10(11)13/h3-7,15H,2H2,1H3. The third kappa shape index (κ3) is 3.20. The van der Waals surface area contributed by atoms with Crippen LogP contribution in [0.3, 0.4) is 0 Å². The van der Waals surface area contributed by atoms with Gasteiger partial charge in [-0.1, -0.05) is 23.2 Å². The summed E-state index contributed by atoms with van der Waals surface area (Å²) >= 11 is 11.7. The van der Waals surface area contributed by atoms with Crippen molar-refractivity contribution in [3.8, 4) is 0 Å². The van der Waals surface area contributed by atoms with Crippen molar-refractivity contribution in [3.63, 3.8) is 0 Å². The molecule has 1 aromatic heterocycles. The van der Waals surface area contributed by atoms with E-state index in [4.69, 9.17) is 23.2 Å². The smallest absolute Gasteiger partial charge is 0.265 e. The molecule has 8 heteroatoms. The van der Waals surface area contributed by atoms with Crippen molar-refractivity contribution < 1.29 is 8.42 Å². The summed E-state index contributed by atoms with van der Waals surface area (Å²) in [5, 5.41) is 4.59.